The molecule has 0 spiro atoms. The van der Waals surface area contributed by atoms with Crippen molar-refractivity contribution in [3.8, 4) is 0 Å². The highest BCUT2D eigenvalue weighted by Crippen LogP contribution is 2.30. The Morgan fingerprint density at radius 2 is 2.27 bits per heavy atom. The topological polar surface area (TPSA) is 92.1 Å². The normalized spacial score (nSPS) is 23.4. The predicted molar refractivity (Wildman–Crippen MR) is 88.5 cm³/mol. The molecule has 1 saturated heterocycles. The maximum absolute atomic E-state index is 13.0. The third kappa shape index (κ3) is 2.86. The zero-order chi connectivity index (χ0) is 15.0. The molecule has 6 nitrogen and oxygen atoms in total. The summed E-state index contributed by atoms with van der Waals surface area (Å²) in [7, 11) is -3.55. The van der Waals surface area contributed by atoms with Gasteiger partial charge in [0, 0.05) is 36.9 Å². The largest absolute Gasteiger partial charge is 0.345 e. The zero-order valence-corrected chi connectivity index (χ0v) is 14.0. The number of halogens is 1. The van der Waals surface area contributed by atoms with Gasteiger partial charge in [-0.3, -0.25) is 0 Å². The second-order valence-electron chi connectivity index (χ2n) is 5.69. The Morgan fingerprint density at radius 1 is 1.50 bits per heavy atom. The van der Waals surface area contributed by atoms with Crippen LogP contribution in [0.25, 0.3) is 11.0 Å². The van der Waals surface area contributed by atoms with Gasteiger partial charge in [-0.05, 0) is 30.9 Å². The molecule has 0 bridgehead atoms. The molecule has 0 saturated carbocycles. The van der Waals surface area contributed by atoms with E-state index in [1.165, 1.54) is 6.20 Å². The van der Waals surface area contributed by atoms with Gasteiger partial charge in [0.2, 0.25) is 10.0 Å². The standard InChI is InChI=1S/C14H20N4O2S.ClH/c1-10-4-6-18(11(7-10)8-15)21(19,20)13-9-17-14-12(13)3-2-5-16-14;/h2-3,5,9-11H,4,6-8,15H2,1H3,(H,16,17);1H. The number of aromatic amines is 1. The molecule has 2 unspecified atom stereocenters. The van der Waals surface area contributed by atoms with Crippen LogP contribution in [0.5, 0.6) is 0 Å². The van der Waals surface area contributed by atoms with E-state index < -0.39 is 10.0 Å². The van der Waals surface area contributed by atoms with Gasteiger partial charge in [-0.2, -0.15) is 4.31 Å². The van der Waals surface area contributed by atoms with Crippen molar-refractivity contribution < 1.29 is 8.42 Å². The summed E-state index contributed by atoms with van der Waals surface area (Å²) in [6.45, 7) is 3.02. The summed E-state index contributed by atoms with van der Waals surface area (Å²) < 4.78 is 27.5. The van der Waals surface area contributed by atoms with Crippen LogP contribution in [-0.4, -0.2) is 41.8 Å². The SMILES string of the molecule is CC1CCN(S(=O)(=O)c2c[nH]c3ncccc23)C(CN)C1.Cl. The highest BCUT2D eigenvalue weighted by atomic mass is 35.5. The molecule has 1 aliphatic heterocycles. The molecule has 8 heteroatoms. The summed E-state index contributed by atoms with van der Waals surface area (Å²) in [4.78, 5) is 7.37. The summed E-state index contributed by atoms with van der Waals surface area (Å²) >= 11 is 0. The van der Waals surface area contributed by atoms with Crippen molar-refractivity contribution >= 4 is 33.5 Å². The third-order valence-corrected chi connectivity index (χ3v) is 6.19. The van der Waals surface area contributed by atoms with Gasteiger partial charge in [0.15, 0.2) is 0 Å². The van der Waals surface area contributed by atoms with Gasteiger partial charge in [-0.1, -0.05) is 6.92 Å². The molecule has 0 amide bonds. The average molecular weight is 345 g/mol. The van der Waals surface area contributed by atoms with Crippen molar-refractivity contribution in [3.05, 3.63) is 24.5 Å². The molecule has 1 aliphatic rings. The van der Waals surface area contributed by atoms with E-state index in [9.17, 15) is 8.42 Å². The van der Waals surface area contributed by atoms with Gasteiger partial charge >= 0.3 is 0 Å². The van der Waals surface area contributed by atoms with Crippen LogP contribution in [0.1, 0.15) is 19.8 Å². The van der Waals surface area contributed by atoms with Crippen LogP contribution in [0.4, 0.5) is 0 Å². The van der Waals surface area contributed by atoms with Crippen molar-refractivity contribution in [1.82, 2.24) is 14.3 Å². The molecule has 2 aromatic heterocycles. The molecular formula is C14H21ClN4O2S. The number of hydrogen-bond donors (Lipinski definition) is 2. The molecular weight excluding hydrogens is 324 g/mol. The van der Waals surface area contributed by atoms with Gasteiger partial charge in [-0.25, -0.2) is 13.4 Å². The first-order valence-corrected chi connectivity index (χ1v) is 8.62. The molecule has 122 valence electrons. The highest BCUT2D eigenvalue weighted by Gasteiger charge is 2.36. The predicted octanol–water partition coefficient (Wildman–Crippen LogP) is 1.73. The van der Waals surface area contributed by atoms with E-state index in [4.69, 9.17) is 5.73 Å². The summed E-state index contributed by atoms with van der Waals surface area (Å²) in [5.41, 5.74) is 6.38. The Labute approximate surface area is 136 Å². The fourth-order valence-electron chi connectivity index (χ4n) is 3.03. The molecule has 1 fully saturated rings. The number of fused-ring (bicyclic) bond motifs is 1. The van der Waals surface area contributed by atoms with Gasteiger partial charge in [0.1, 0.15) is 10.5 Å². The Bertz CT molecular complexity index is 746. The van der Waals surface area contributed by atoms with Gasteiger partial charge < -0.3 is 10.7 Å². The summed E-state index contributed by atoms with van der Waals surface area (Å²) in [5, 5.41) is 0.631. The Morgan fingerprint density at radius 3 is 3.00 bits per heavy atom. The molecule has 0 aliphatic carbocycles. The summed E-state index contributed by atoms with van der Waals surface area (Å²) in [6, 6.07) is 3.39. The van der Waals surface area contributed by atoms with Crippen LogP contribution in [0.3, 0.4) is 0 Å². The average Bonchev–Trinajstić information content (AvgIpc) is 2.91. The fourth-order valence-corrected chi connectivity index (χ4v) is 4.84. The minimum atomic E-state index is -3.55. The molecule has 0 radical (unpaired) electrons. The second-order valence-corrected chi connectivity index (χ2v) is 7.55. The number of H-pyrrole nitrogens is 1. The van der Waals surface area contributed by atoms with Crippen LogP contribution in [0.2, 0.25) is 0 Å². The lowest BCUT2D eigenvalue weighted by Gasteiger charge is -2.36. The van der Waals surface area contributed by atoms with E-state index in [2.05, 4.69) is 16.9 Å². The number of hydrogen-bond acceptors (Lipinski definition) is 4. The first-order chi connectivity index (χ1) is 10.0. The number of sulfonamides is 1. The minimum Gasteiger partial charge on any atom is -0.345 e. The molecule has 3 rings (SSSR count). The molecule has 2 atom stereocenters. The monoisotopic (exact) mass is 344 g/mol. The van der Waals surface area contributed by atoms with E-state index in [0.29, 0.717) is 34.9 Å². The van der Waals surface area contributed by atoms with Gasteiger partial charge in [0.05, 0.1) is 0 Å². The van der Waals surface area contributed by atoms with Crippen LogP contribution >= 0.6 is 12.4 Å². The van der Waals surface area contributed by atoms with Crippen molar-refractivity contribution in [1.29, 1.82) is 0 Å². The van der Waals surface area contributed by atoms with Crippen molar-refractivity contribution in [3.63, 3.8) is 0 Å². The Kier molecular flexibility index (Phi) is 5.11. The number of rotatable bonds is 3. The number of aromatic nitrogens is 2. The lowest BCUT2D eigenvalue weighted by atomic mass is 9.94. The Hall–Kier alpha value is -1.15. The molecule has 3 heterocycles. The van der Waals surface area contributed by atoms with E-state index in [0.717, 1.165) is 12.8 Å². The third-order valence-electron chi connectivity index (χ3n) is 4.20. The molecule has 0 aromatic carbocycles. The van der Waals surface area contributed by atoms with Crippen molar-refractivity contribution in [2.75, 3.05) is 13.1 Å². The summed E-state index contributed by atoms with van der Waals surface area (Å²) in [6.07, 6.45) is 4.85. The van der Waals surface area contributed by atoms with E-state index in [1.54, 1.807) is 22.6 Å². The van der Waals surface area contributed by atoms with Crippen molar-refractivity contribution in [2.24, 2.45) is 11.7 Å². The lowest BCUT2D eigenvalue weighted by molar-refractivity contribution is 0.211. The molecule has 2 aromatic rings. The van der Waals surface area contributed by atoms with Crippen LogP contribution in [-0.2, 0) is 10.0 Å². The van der Waals surface area contributed by atoms with E-state index in [1.807, 2.05) is 0 Å². The fraction of sp³-hybridized carbons (Fsp3) is 0.500. The zero-order valence-electron chi connectivity index (χ0n) is 12.4. The quantitative estimate of drug-likeness (QED) is 0.887. The molecule has 3 N–H and O–H groups in total. The number of piperidine rings is 1. The number of nitrogens with one attached hydrogen (secondary N) is 1. The molecule has 22 heavy (non-hydrogen) atoms. The summed E-state index contributed by atoms with van der Waals surface area (Å²) in [5.74, 6) is 0.509. The van der Waals surface area contributed by atoms with E-state index in [-0.39, 0.29) is 18.4 Å². The maximum Gasteiger partial charge on any atom is 0.245 e. The Balaban J connectivity index is 0.00000176. The second kappa shape index (κ2) is 6.54. The number of pyridine rings is 1. The highest BCUT2D eigenvalue weighted by molar-refractivity contribution is 7.89. The maximum atomic E-state index is 13.0. The van der Waals surface area contributed by atoms with Crippen LogP contribution in [0, 0.1) is 5.92 Å². The van der Waals surface area contributed by atoms with Gasteiger partial charge in [-0.15, -0.1) is 12.4 Å². The van der Waals surface area contributed by atoms with Crippen molar-refractivity contribution in [2.45, 2.75) is 30.7 Å². The van der Waals surface area contributed by atoms with Gasteiger partial charge in [0.25, 0.3) is 0 Å². The smallest absolute Gasteiger partial charge is 0.245 e. The first kappa shape index (κ1) is 17.2. The minimum absolute atomic E-state index is 0. The van der Waals surface area contributed by atoms with E-state index >= 15 is 0 Å². The number of nitrogens with zero attached hydrogens (tertiary/aromatic N) is 2. The lowest BCUT2D eigenvalue weighted by Crippen LogP contribution is -2.49. The first-order valence-electron chi connectivity index (χ1n) is 7.18. The number of nitrogens with two attached hydrogens (primary N) is 1. The van der Waals surface area contributed by atoms with Crippen LogP contribution < -0.4 is 5.73 Å². The van der Waals surface area contributed by atoms with Crippen LogP contribution in [0.15, 0.2) is 29.4 Å².